The second kappa shape index (κ2) is 4.75. The van der Waals surface area contributed by atoms with Crippen LogP contribution in [0.2, 0.25) is 0 Å². The lowest BCUT2D eigenvalue weighted by atomic mass is 10.2. The predicted molar refractivity (Wildman–Crippen MR) is 47.5 cm³/mol. The summed E-state index contributed by atoms with van der Waals surface area (Å²) in [6, 6.07) is 0. The average Bonchev–Trinajstić information content (AvgIpc) is 2.26. The van der Waals surface area contributed by atoms with Crippen LogP contribution in [0.3, 0.4) is 0 Å². The van der Waals surface area contributed by atoms with Gasteiger partial charge in [-0.25, -0.2) is 0 Å². The summed E-state index contributed by atoms with van der Waals surface area (Å²) in [6.07, 6.45) is 9.04. The molecule has 0 fully saturated rings. The molecule has 1 rings (SSSR count). The Labute approximate surface area is 72.9 Å². The smallest absolute Gasteiger partial charge is 0.314 e. The molecule has 0 aromatic heterocycles. The number of carbonyl (C=O) groups excluding carboxylic acids is 1. The lowest BCUT2D eigenvalue weighted by Gasteiger charge is -2.04. The van der Waals surface area contributed by atoms with Gasteiger partial charge in [0.05, 0.1) is 6.42 Å². The highest BCUT2D eigenvalue weighted by Crippen LogP contribution is 2.12. The monoisotopic (exact) mass is 166 g/mol. The first-order valence-corrected chi connectivity index (χ1v) is 4.39. The number of carbonyl (C=O) groups is 1. The topological polar surface area (TPSA) is 26.3 Å². The molecule has 0 N–H and O–H groups in total. The van der Waals surface area contributed by atoms with Gasteiger partial charge < -0.3 is 4.74 Å². The molecule has 12 heavy (non-hydrogen) atoms. The van der Waals surface area contributed by atoms with Gasteiger partial charge in [0, 0.05) is 6.42 Å². The highest BCUT2D eigenvalue weighted by atomic mass is 16.5. The molecule has 0 amide bonds. The molecule has 0 bridgehead atoms. The van der Waals surface area contributed by atoms with Gasteiger partial charge in [-0.15, -0.1) is 0 Å². The molecular formula is C10H14O2. The molecule has 0 unspecified atom stereocenters. The van der Waals surface area contributed by atoms with Crippen molar-refractivity contribution in [2.24, 2.45) is 0 Å². The molecule has 1 aliphatic heterocycles. The fourth-order valence-corrected chi connectivity index (χ4v) is 1.05. The fourth-order valence-electron chi connectivity index (χ4n) is 1.05. The molecule has 0 atom stereocenters. The van der Waals surface area contributed by atoms with Crippen molar-refractivity contribution in [3.05, 3.63) is 24.0 Å². The van der Waals surface area contributed by atoms with Gasteiger partial charge in [-0.2, -0.15) is 0 Å². The summed E-state index contributed by atoms with van der Waals surface area (Å²) in [5.41, 5.74) is 0. The van der Waals surface area contributed by atoms with Gasteiger partial charge in [0.2, 0.25) is 0 Å². The van der Waals surface area contributed by atoms with E-state index in [0.29, 0.717) is 6.42 Å². The van der Waals surface area contributed by atoms with Gasteiger partial charge in [-0.3, -0.25) is 4.79 Å². The third-order valence-electron chi connectivity index (χ3n) is 1.72. The van der Waals surface area contributed by atoms with E-state index in [1.165, 1.54) is 0 Å². The lowest BCUT2D eigenvalue weighted by molar-refractivity contribution is -0.138. The largest absolute Gasteiger partial charge is 0.431 e. The minimum atomic E-state index is -0.147. The Hall–Kier alpha value is -1.05. The zero-order valence-corrected chi connectivity index (χ0v) is 7.38. The van der Waals surface area contributed by atoms with Gasteiger partial charge in [0.1, 0.15) is 5.76 Å². The van der Waals surface area contributed by atoms with Crippen molar-refractivity contribution in [2.45, 2.75) is 32.6 Å². The Morgan fingerprint density at radius 1 is 1.58 bits per heavy atom. The van der Waals surface area contributed by atoms with Gasteiger partial charge in [-0.05, 0) is 12.5 Å². The maximum absolute atomic E-state index is 10.9. The third-order valence-corrected chi connectivity index (χ3v) is 1.72. The SMILES string of the molecule is CCCCC1=CC=CCC(=O)O1. The highest BCUT2D eigenvalue weighted by molar-refractivity contribution is 5.73. The molecule has 1 aliphatic rings. The van der Waals surface area contributed by atoms with Crippen LogP contribution >= 0.6 is 0 Å². The first-order chi connectivity index (χ1) is 5.83. The van der Waals surface area contributed by atoms with E-state index in [2.05, 4.69) is 6.92 Å². The highest BCUT2D eigenvalue weighted by Gasteiger charge is 2.06. The Morgan fingerprint density at radius 3 is 3.17 bits per heavy atom. The molecule has 0 aromatic rings. The Kier molecular flexibility index (Phi) is 3.58. The van der Waals surface area contributed by atoms with Crippen molar-refractivity contribution in [1.29, 1.82) is 0 Å². The first kappa shape index (κ1) is 9.04. The summed E-state index contributed by atoms with van der Waals surface area (Å²) in [5, 5.41) is 0. The number of ether oxygens (including phenoxy) is 1. The number of rotatable bonds is 3. The molecule has 0 spiro atoms. The predicted octanol–water partition coefficient (Wildman–Crippen LogP) is 2.56. The van der Waals surface area contributed by atoms with Crippen LogP contribution in [0, 0.1) is 0 Å². The van der Waals surface area contributed by atoms with Crippen LogP contribution in [0.5, 0.6) is 0 Å². The second-order valence-corrected chi connectivity index (χ2v) is 2.84. The number of hydrogen-bond donors (Lipinski definition) is 0. The van der Waals surface area contributed by atoms with Gasteiger partial charge in [0.15, 0.2) is 0 Å². The van der Waals surface area contributed by atoms with Crippen molar-refractivity contribution in [3.63, 3.8) is 0 Å². The van der Waals surface area contributed by atoms with Gasteiger partial charge in [-0.1, -0.05) is 25.5 Å². The maximum atomic E-state index is 10.9. The van der Waals surface area contributed by atoms with Gasteiger partial charge in [0.25, 0.3) is 0 Å². The van der Waals surface area contributed by atoms with Crippen LogP contribution in [0.4, 0.5) is 0 Å². The minimum Gasteiger partial charge on any atom is -0.431 e. The number of esters is 1. The Morgan fingerprint density at radius 2 is 2.42 bits per heavy atom. The summed E-state index contributed by atoms with van der Waals surface area (Å²) in [6.45, 7) is 2.12. The maximum Gasteiger partial charge on any atom is 0.314 e. The van der Waals surface area contributed by atoms with Crippen molar-refractivity contribution in [2.75, 3.05) is 0 Å². The summed E-state index contributed by atoms with van der Waals surface area (Å²) in [4.78, 5) is 10.9. The first-order valence-electron chi connectivity index (χ1n) is 4.39. The van der Waals surface area contributed by atoms with Crippen LogP contribution in [0.25, 0.3) is 0 Å². The van der Waals surface area contributed by atoms with E-state index in [4.69, 9.17) is 4.74 Å². The van der Waals surface area contributed by atoms with Crippen molar-refractivity contribution in [3.8, 4) is 0 Å². The summed E-state index contributed by atoms with van der Waals surface area (Å²) >= 11 is 0. The number of allylic oxidation sites excluding steroid dienone is 3. The van der Waals surface area contributed by atoms with Gasteiger partial charge >= 0.3 is 5.97 Å². The van der Waals surface area contributed by atoms with E-state index in [1.54, 1.807) is 0 Å². The van der Waals surface area contributed by atoms with E-state index in [-0.39, 0.29) is 5.97 Å². The van der Waals surface area contributed by atoms with E-state index < -0.39 is 0 Å². The Balaban J connectivity index is 2.46. The molecule has 0 radical (unpaired) electrons. The molecule has 1 heterocycles. The summed E-state index contributed by atoms with van der Waals surface area (Å²) < 4.78 is 5.07. The number of unbranched alkanes of at least 4 members (excludes halogenated alkanes) is 1. The van der Waals surface area contributed by atoms with Crippen molar-refractivity contribution >= 4 is 5.97 Å². The molecule has 0 saturated carbocycles. The van der Waals surface area contributed by atoms with Crippen LogP contribution in [-0.4, -0.2) is 5.97 Å². The van der Waals surface area contributed by atoms with E-state index in [0.717, 1.165) is 25.0 Å². The zero-order chi connectivity index (χ0) is 8.81. The van der Waals surface area contributed by atoms with E-state index in [9.17, 15) is 4.79 Å². The normalized spacial score (nSPS) is 16.8. The van der Waals surface area contributed by atoms with Crippen LogP contribution < -0.4 is 0 Å². The second-order valence-electron chi connectivity index (χ2n) is 2.84. The van der Waals surface area contributed by atoms with Crippen LogP contribution in [0.1, 0.15) is 32.6 Å². The molecule has 2 nitrogen and oxygen atoms in total. The lowest BCUT2D eigenvalue weighted by Crippen LogP contribution is -2.01. The quantitative estimate of drug-likeness (QED) is 0.602. The fraction of sp³-hybridized carbons (Fsp3) is 0.500. The third kappa shape index (κ3) is 2.91. The van der Waals surface area contributed by atoms with E-state index in [1.807, 2.05) is 18.2 Å². The summed E-state index contributed by atoms with van der Waals surface area (Å²) in [5.74, 6) is 0.654. The minimum absolute atomic E-state index is 0.147. The number of cyclic esters (lactones) is 1. The van der Waals surface area contributed by atoms with Crippen LogP contribution in [0.15, 0.2) is 24.0 Å². The molecule has 0 aromatic carbocycles. The molecule has 66 valence electrons. The molecule has 0 saturated heterocycles. The van der Waals surface area contributed by atoms with E-state index >= 15 is 0 Å². The number of hydrogen-bond acceptors (Lipinski definition) is 2. The standard InChI is InChI=1S/C10H14O2/c1-2-3-6-9-7-4-5-8-10(11)12-9/h4-5,7H,2-3,6,8H2,1H3. The summed E-state index contributed by atoms with van der Waals surface area (Å²) in [7, 11) is 0. The van der Waals surface area contributed by atoms with Crippen molar-refractivity contribution < 1.29 is 9.53 Å². The van der Waals surface area contributed by atoms with Crippen molar-refractivity contribution in [1.82, 2.24) is 0 Å². The zero-order valence-electron chi connectivity index (χ0n) is 7.38. The molecule has 2 heteroatoms. The average molecular weight is 166 g/mol. The molecular weight excluding hydrogens is 152 g/mol. The Bertz CT molecular complexity index is 214. The molecule has 0 aliphatic carbocycles. The van der Waals surface area contributed by atoms with Crippen LogP contribution in [-0.2, 0) is 9.53 Å².